The van der Waals surface area contributed by atoms with E-state index in [0.29, 0.717) is 6.04 Å². The highest BCUT2D eigenvalue weighted by Gasteiger charge is 2.06. The summed E-state index contributed by atoms with van der Waals surface area (Å²) in [6.45, 7) is 9.11. The second-order valence-corrected chi connectivity index (χ2v) is 4.31. The zero-order chi connectivity index (χ0) is 11.8. The van der Waals surface area contributed by atoms with Crippen molar-refractivity contribution in [1.82, 2.24) is 5.32 Å². The van der Waals surface area contributed by atoms with Gasteiger partial charge >= 0.3 is 0 Å². The number of benzene rings is 1. The van der Waals surface area contributed by atoms with Crippen LogP contribution in [0, 0.1) is 6.92 Å². The highest BCUT2D eigenvalue weighted by atomic mass is 14.9. The molecule has 0 aromatic heterocycles. The number of nitrogens with one attached hydrogen (secondary N) is 1. The van der Waals surface area contributed by atoms with Crippen LogP contribution in [0.4, 0.5) is 0 Å². The molecule has 0 spiro atoms. The lowest BCUT2D eigenvalue weighted by atomic mass is 10.0. The lowest BCUT2D eigenvalue weighted by molar-refractivity contribution is 0.495. The highest BCUT2D eigenvalue weighted by Crippen LogP contribution is 2.09. The average Bonchev–Trinajstić information content (AvgIpc) is 2.29. The molecule has 16 heavy (non-hydrogen) atoms. The Morgan fingerprint density at radius 1 is 1.31 bits per heavy atom. The molecule has 0 saturated heterocycles. The first-order valence-electron chi connectivity index (χ1n) is 6.16. The fourth-order valence-corrected chi connectivity index (χ4v) is 1.89. The van der Waals surface area contributed by atoms with E-state index in [0.717, 1.165) is 19.4 Å². The number of rotatable bonds is 7. The minimum Gasteiger partial charge on any atom is -0.314 e. The van der Waals surface area contributed by atoms with E-state index in [1.807, 2.05) is 6.08 Å². The number of likely N-dealkylation sites (N-methyl/N-ethyl adjacent to an activating group) is 1. The summed E-state index contributed by atoms with van der Waals surface area (Å²) in [5.41, 5.74) is 2.75. The van der Waals surface area contributed by atoms with E-state index in [1.165, 1.54) is 17.5 Å². The quantitative estimate of drug-likeness (QED) is 0.689. The minimum absolute atomic E-state index is 0.575. The summed E-state index contributed by atoms with van der Waals surface area (Å²) >= 11 is 0. The Balaban J connectivity index is 2.52. The van der Waals surface area contributed by atoms with Gasteiger partial charge in [0, 0.05) is 6.04 Å². The maximum Gasteiger partial charge on any atom is 0.0110 e. The van der Waals surface area contributed by atoms with Crippen molar-refractivity contribution >= 4 is 0 Å². The molecule has 88 valence electrons. The molecule has 0 aliphatic heterocycles. The fourth-order valence-electron chi connectivity index (χ4n) is 1.89. The molecule has 1 N–H and O–H groups in total. The molecule has 1 rings (SSSR count). The van der Waals surface area contributed by atoms with Gasteiger partial charge in [0.15, 0.2) is 0 Å². The first-order valence-corrected chi connectivity index (χ1v) is 6.16. The van der Waals surface area contributed by atoms with Crippen LogP contribution in [-0.2, 0) is 6.42 Å². The van der Waals surface area contributed by atoms with Gasteiger partial charge in [-0.25, -0.2) is 0 Å². The predicted octanol–water partition coefficient (Wildman–Crippen LogP) is 3.48. The van der Waals surface area contributed by atoms with Gasteiger partial charge in [0.1, 0.15) is 0 Å². The number of allylic oxidation sites excluding steroid dienone is 1. The molecule has 0 fully saturated rings. The van der Waals surface area contributed by atoms with Gasteiger partial charge in [-0.15, -0.1) is 6.58 Å². The molecule has 0 amide bonds. The van der Waals surface area contributed by atoms with E-state index >= 15 is 0 Å². The summed E-state index contributed by atoms with van der Waals surface area (Å²) in [7, 11) is 0. The predicted molar refractivity (Wildman–Crippen MR) is 71.8 cm³/mol. The maximum atomic E-state index is 3.78. The molecule has 1 aromatic rings. The summed E-state index contributed by atoms with van der Waals surface area (Å²) in [5, 5.41) is 3.53. The monoisotopic (exact) mass is 217 g/mol. The summed E-state index contributed by atoms with van der Waals surface area (Å²) in [5.74, 6) is 0. The van der Waals surface area contributed by atoms with Crippen LogP contribution in [0.2, 0.25) is 0 Å². The van der Waals surface area contributed by atoms with E-state index in [1.54, 1.807) is 0 Å². The first kappa shape index (κ1) is 13.0. The van der Waals surface area contributed by atoms with Crippen LogP contribution in [0.5, 0.6) is 0 Å². The Bertz CT molecular complexity index is 300. The Morgan fingerprint density at radius 2 is 2.00 bits per heavy atom. The van der Waals surface area contributed by atoms with Crippen LogP contribution in [0.15, 0.2) is 36.9 Å². The van der Waals surface area contributed by atoms with Crippen molar-refractivity contribution in [2.24, 2.45) is 0 Å². The van der Waals surface area contributed by atoms with E-state index in [9.17, 15) is 0 Å². The van der Waals surface area contributed by atoms with Crippen molar-refractivity contribution in [2.75, 3.05) is 6.54 Å². The van der Waals surface area contributed by atoms with Crippen LogP contribution in [0.1, 0.15) is 30.9 Å². The molecular formula is C15H23N. The zero-order valence-corrected chi connectivity index (χ0v) is 10.5. The maximum absolute atomic E-state index is 3.78. The number of hydrogen-bond donors (Lipinski definition) is 1. The molecule has 0 aliphatic rings. The van der Waals surface area contributed by atoms with Crippen LogP contribution >= 0.6 is 0 Å². The summed E-state index contributed by atoms with van der Waals surface area (Å²) in [6.07, 6.45) is 5.37. The standard InChI is InChI=1S/C15H23N/c1-4-6-7-15(16-5-2)12-14-10-8-13(3)9-11-14/h4,8-11,15-16H,1,5-7,12H2,2-3H3. The normalized spacial score (nSPS) is 12.4. The van der Waals surface area contributed by atoms with Crippen molar-refractivity contribution in [3.8, 4) is 0 Å². The van der Waals surface area contributed by atoms with Crippen molar-refractivity contribution in [1.29, 1.82) is 0 Å². The van der Waals surface area contributed by atoms with E-state index in [4.69, 9.17) is 0 Å². The molecule has 1 nitrogen and oxygen atoms in total. The van der Waals surface area contributed by atoms with Crippen LogP contribution in [0.3, 0.4) is 0 Å². The molecule has 1 atom stereocenters. The molecular weight excluding hydrogens is 194 g/mol. The molecule has 1 heteroatoms. The van der Waals surface area contributed by atoms with E-state index in [2.05, 4.69) is 50.0 Å². The van der Waals surface area contributed by atoms with Crippen LogP contribution in [0.25, 0.3) is 0 Å². The average molecular weight is 217 g/mol. The first-order chi connectivity index (χ1) is 7.76. The summed E-state index contributed by atoms with van der Waals surface area (Å²) in [4.78, 5) is 0. The van der Waals surface area contributed by atoms with Gasteiger partial charge in [-0.3, -0.25) is 0 Å². The Hall–Kier alpha value is -1.08. The van der Waals surface area contributed by atoms with Crippen molar-refractivity contribution in [3.05, 3.63) is 48.0 Å². The number of aryl methyl sites for hydroxylation is 1. The van der Waals surface area contributed by atoms with Crippen molar-refractivity contribution in [3.63, 3.8) is 0 Å². The van der Waals surface area contributed by atoms with Gasteiger partial charge < -0.3 is 5.32 Å². The largest absolute Gasteiger partial charge is 0.314 e. The molecule has 0 heterocycles. The molecule has 0 radical (unpaired) electrons. The van der Waals surface area contributed by atoms with Gasteiger partial charge in [0.2, 0.25) is 0 Å². The lowest BCUT2D eigenvalue weighted by Gasteiger charge is -2.17. The number of hydrogen-bond acceptors (Lipinski definition) is 1. The second-order valence-electron chi connectivity index (χ2n) is 4.31. The van der Waals surface area contributed by atoms with Crippen molar-refractivity contribution in [2.45, 2.75) is 39.2 Å². The van der Waals surface area contributed by atoms with Gasteiger partial charge in [-0.05, 0) is 38.3 Å². The minimum atomic E-state index is 0.575. The highest BCUT2D eigenvalue weighted by molar-refractivity contribution is 5.22. The van der Waals surface area contributed by atoms with Crippen LogP contribution < -0.4 is 5.32 Å². The van der Waals surface area contributed by atoms with Gasteiger partial charge in [-0.2, -0.15) is 0 Å². The Kier molecular flexibility index (Phi) is 5.87. The molecule has 1 aromatic carbocycles. The third kappa shape index (κ3) is 4.63. The third-order valence-electron chi connectivity index (χ3n) is 2.81. The smallest absolute Gasteiger partial charge is 0.0110 e. The van der Waals surface area contributed by atoms with Gasteiger partial charge in [-0.1, -0.05) is 42.8 Å². The summed E-state index contributed by atoms with van der Waals surface area (Å²) in [6, 6.07) is 9.41. The van der Waals surface area contributed by atoms with E-state index < -0.39 is 0 Å². The van der Waals surface area contributed by atoms with E-state index in [-0.39, 0.29) is 0 Å². The summed E-state index contributed by atoms with van der Waals surface area (Å²) < 4.78 is 0. The zero-order valence-electron chi connectivity index (χ0n) is 10.5. The van der Waals surface area contributed by atoms with Crippen molar-refractivity contribution < 1.29 is 0 Å². The van der Waals surface area contributed by atoms with Gasteiger partial charge in [0.25, 0.3) is 0 Å². The van der Waals surface area contributed by atoms with Gasteiger partial charge in [0.05, 0.1) is 0 Å². The second kappa shape index (κ2) is 7.24. The Morgan fingerprint density at radius 3 is 2.56 bits per heavy atom. The van der Waals surface area contributed by atoms with Crippen LogP contribution in [-0.4, -0.2) is 12.6 Å². The molecule has 0 bridgehead atoms. The fraction of sp³-hybridized carbons (Fsp3) is 0.467. The molecule has 1 unspecified atom stereocenters. The Labute approximate surface area is 99.6 Å². The third-order valence-corrected chi connectivity index (χ3v) is 2.81. The molecule has 0 aliphatic carbocycles. The SMILES string of the molecule is C=CCCC(Cc1ccc(C)cc1)NCC. The topological polar surface area (TPSA) is 12.0 Å². The lowest BCUT2D eigenvalue weighted by Crippen LogP contribution is -2.30. The molecule has 0 saturated carbocycles.